The fourth-order valence-corrected chi connectivity index (χ4v) is 8.99. The molecule has 0 aliphatic rings. The first-order valence-corrected chi connectivity index (χ1v) is 23.1. The molecule has 0 unspecified atom stereocenters. The minimum atomic E-state index is -2.43. The molecule has 2 heterocycles. The van der Waals surface area contributed by atoms with Crippen molar-refractivity contribution in [3.63, 3.8) is 0 Å². The molecule has 0 bridgehead atoms. The van der Waals surface area contributed by atoms with Gasteiger partial charge in [-0.3, -0.25) is 9.55 Å². The van der Waals surface area contributed by atoms with E-state index in [0.717, 1.165) is 89.2 Å². The molecule has 9 aromatic rings. The van der Waals surface area contributed by atoms with Crippen molar-refractivity contribution in [3.8, 4) is 78.6 Å². The Labute approximate surface area is 397 Å². The van der Waals surface area contributed by atoms with Gasteiger partial charge in [0.15, 0.2) is 0 Å². The van der Waals surface area contributed by atoms with Crippen molar-refractivity contribution in [1.82, 2.24) is 14.5 Å². The van der Waals surface area contributed by atoms with Gasteiger partial charge < -0.3 is 5.11 Å². The standard InChI is InChI=1S/C62H61N3O/c1-38(2)42-24-26-43(27-25-42)46-28-29-63-56(36-46)49-31-48(32-50(33-49)62(8,9)10)51-22-17-23-57-59(51)64-61(55-35-47(39(3)4)34-52(40(5)6)60(55)66)65(57)58-37-53(44-18-13-11-14-19-44)41(7)30-54(58)45-20-15-12-16-21-45/h11-40,66H,1-10H3/i7D3,38D. The molecule has 0 aliphatic heterocycles. The fourth-order valence-electron chi connectivity index (χ4n) is 8.99. The van der Waals surface area contributed by atoms with Gasteiger partial charge in [0, 0.05) is 28.4 Å². The van der Waals surface area contributed by atoms with E-state index < -0.39 is 12.7 Å². The predicted octanol–water partition coefficient (Wildman–Crippen LogP) is 17.1. The molecule has 66 heavy (non-hydrogen) atoms. The number of benzene rings is 7. The van der Waals surface area contributed by atoms with Crippen LogP contribution in [0.15, 0.2) is 164 Å². The number of aromatic nitrogens is 3. The second-order valence-electron chi connectivity index (χ2n) is 19.5. The zero-order chi connectivity index (χ0) is 49.9. The molecule has 0 atom stereocenters. The molecule has 1 N–H and O–H groups in total. The van der Waals surface area contributed by atoms with Gasteiger partial charge >= 0.3 is 0 Å². The van der Waals surface area contributed by atoms with Crippen LogP contribution >= 0.6 is 0 Å². The van der Waals surface area contributed by atoms with Crippen LogP contribution in [0.1, 0.15) is 113 Å². The first-order chi connectivity index (χ1) is 33.2. The number of aryl methyl sites for hydroxylation is 1. The lowest BCUT2D eigenvalue weighted by Gasteiger charge is -2.22. The Morgan fingerprint density at radius 3 is 1.88 bits per heavy atom. The first kappa shape index (κ1) is 39.3. The summed E-state index contributed by atoms with van der Waals surface area (Å²) >= 11 is 0. The van der Waals surface area contributed by atoms with Crippen molar-refractivity contribution in [2.75, 3.05) is 0 Å². The first-order valence-electron chi connectivity index (χ1n) is 25.1. The van der Waals surface area contributed by atoms with Crippen LogP contribution in [0.25, 0.3) is 83.9 Å². The summed E-state index contributed by atoms with van der Waals surface area (Å²) in [5.74, 6) is 0.203. The second kappa shape index (κ2) is 17.7. The Hall–Kier alpha value is -7.04. The van der Waals surface area contributed by atoms with Gasteiger partial charge in [0.1, 0.15) is 11.6 Å². The molecule has 4 heteroatoms. The van der Waals surface area contributed by atoms with Crippen LogP contribution in [0.2, 0.25) is 0 Å². The lowest BCUT2D eigenvalue weighted by Crippen LogP contribution is -2.11. The van der Waals surface area contributed by atoms with E-state index in [0.29, 0.717) is 17.0 Å². The third-order valence-electron chi connectivity index (χ3n) is 12.9. The van der Waals surface area contributed by atoms with Crippen molar-refractivity contribution in [3.05, 3.63) is 192 Å². The minimum absolute atomic E-state index is 0.0226. The molecule has 0 radical (unpaired) electrons. The maximum Gasteiger partial charge on any atom is 0.149 e. The number of imidazole rings is 1. The highest BCUT2D eigenvalue weighted by molar-refractivity contribution is 5.98. The predicted molar refractivity (Wildman–Crippen MR) is 279 cm³/mol. The highest BCUT2D eigenvalue weighted by Gasteiger charge is 2.26. The number of hydrogen-bond donors (Lipinski definition) is 1. The number of rotatable bonds is 10. The van der Waals surface area contributed by atoms with Crippen LogP contribution in [0, 0.1) is 6.85 Å². The summed E-state index contributed by atoms with van der Waals surface area (Å²) in [6.45, 7) is 16.5. The van der Waals surface area contributed by atoms with Crippen LogP contribution < -0.4 is 0 Å². The van der Waals surface area contributed by atoms with Crippen molar-refractivity contribution >= 4 is 11.0 Å². The van der Waals surface area contributed by atoms with Crippen molar-refractivity contribution in [1.29, 1.82) is 0 Å². The van der Waals surface area contributed by atoms with Gasteiger partial charge in [-0.2, -0.15) is 0 Å². The quantitative estimate of drug-likeness (QED) is 0.149. The Balaban J connectivity index is 1.36. The summed E-state index contributed by atoms with van der Waals surface area (Å²) < 4.78 is 37.2. The number of hydrogen-bond acceptors (Lipinski definition) is 3. The Bertz CT molecular complexity index is 3370. The summed E-state index contributed by atoms with van der Waals surface area (Å²) in [4.78, 5) is 10.6. The second-order valence-corrected chi connectivity index (χ2v) is 19.5. The van der Waals surface area contributed by atoms with E-state index in [1.54, 1.807) is 0 Å². The zero-order valence-electron chi connectivity index (χ0n) is 43.5. The minimum Gasteiger partial charge on any atom is -0.507 e. The summed E-state index contributed by atoms with van der Waals surface area (Å²) in [5.41, 5.74) is 15.6. The van der Waals surface area contributed by atoms with E-state index >= 15 is 0 Å². The third kappa shape index (κ3) is 8.49. The van der Waals surface area contributed by atoms with E-state index in [1.165, 1.54) is 0 Å². The fraction of sp³-hybridized carbons (Fsp3) is 0.226. The molecule has 0 saturated heterocycles. The van der Waals surface area contributed by atoms with Crippen molar-refractivity contribution in [2.45, 2.75) is 92.3 Å². The van der Waals surface area contributed by atoms with E-state index in [4.69, 9.17) is 15.5 Å². The van der Waals surface area contributed by atoms with Crippen molar-refractivity contribution < 1.29 is 10.6 Å². The van der Waals surface area contributed by atoms with Crippen LogP contribution in [0.5, 0.6) is 5.75 Å². The average molecular weight is 868 g/mol. The van der Waals surface area contributed by atoms with Crippen LogP contribution in [0.4, 0.5) is 0 Å². The van der Waals surface area contributed by atoms with Gasteiger partial charge in [-0.25, -0.2) is 4.98 Å². The third-order valence-corrected chi connectivity index (χ3v) is 12.9. The Kier molecular flexibility index (Phi) is 10.6. The normalized spacial score (nSPS) is 13.2. The largest absolute Gasteiger partial charge is 0.507 e. The summed E-state index contributed by atoms with van der Waals surface area (Å²) in [5, 5.41) is 12.5. The number of pyridine rings is 1. The maximum absolute atomic E-state index is 12.5. The molecule has 7 aromatic carbocycles. The Morgan fingerprint density at radius 2 is 1.24 bits per heavy atom. The van der Waals surface area contributed by atoms with E-state index in [-0.39, 0.29) is 28.6 Å². The topological polar surface area (TPSA) is 50.9 Å². The average Bonchev–Trinajstić information content (AvgIpc) is 3.72. The number of aromatic hydroxyl groups is 1. The molecule has 2 aromatic heterocycles. The molecule has 4 nitrogen and oxygen atoms in total. The number of nitrogens with zero attached hydrogens (tertiary/aromatic N) is 3. The molecule has 0 amide bonds. The SMILES string of the molecule is [2H]C([2H])([2H])c1cc(-c2ccccc2)c(-n2c(-c3cc(C(C)C)cc(C(C)C)c3O)nc3c(-c4cc(-c5cc(-c6ccc(C([2H])(C)C)cc6)ccn5)cc(C(C)(C)C)c4)cccc32)cc1-c1ccccc1. The molecule has 0 saturated carbocycles. The van der Waals surface area contributed by atoms with Gasteiger partial charge in [-0.15, -0.1) is 0 Å². The molecule has 0 aliphatic carbocycles. The Morgan fingerprint density at radius 1 is 0.561 bits per heavy atom. The smallest absolute Gasteiger partial charge is 0.149 e. The number of para-hydroxylation sites is 1. The number of phenolic OH excluding ortho intramolecular Hbond substituents is 1. The molecule has 330 valence electrons. The molecular formula is C62H61N3O. The maximum atomic E-state index is 12.5. The van der Waals surface area contributed by atoms with Crippen LogP contribution in [-0.4, -0.2) is 19.6 Å². The molecule has 0 spiro atoms. The van der Waals surface area contributed by atoms with Gasteiger partial charge in [0.05, 0.1) is 28.0 Å². The van der Waals surface area contributed by atoms with Gasteiger partial charge in [0.25, 0.3) is 0 Å². The van der Waals surface area contributed by atoms with E-state index in [1.807, 2.05) is 111 Å². The van der Waals surface area contributed by atoms with Gasteiger partial charge in [-0.1, -0.05) is 172 Å². The molecular weight excluding hydrogens is 803 g/mol. The van der Waals surface area contributed by atoms with Gasteiger partial charge in [0.2, 0.25) is 0 Å². The summed E-state index contributed by atoms with van der Waals surface area (Å²) in [6, 6.07) is 53.0. The van der Waals surface area contributed by atoms with Crippen LogP contribution in [0.3, 0.4) is 0 Å². The molecule has 9 rings (SSSR count). The molecule has 0 fully saturated rings. The van der Waals surface area contributed by atoms with Crippen molar-refractivity contribution in [2.24, 2.45) is 0 Å². The monoisotopic (exact) mass is 868 g/mol. The zero-order valence-corrected chi connectivity index (χ0v) is 39.5. The van der Waals surface area contributed by atoms with Crippen LogP contribution in [-0.2, 0) is 5.41 Å². The summed E-state index contributed by atoms with van der Waals surface area (Å²) in [7, 11) is 0. The number of phenols is 1. The van der Waals surface area contributed by atoms with Gasteiger partial charge in [-0.05, 0) is 140 Å². The lowest BCUT2D eigenvalue weighted by molar-refractivity contribution is 0.466. The highest BCUT2D eigenvalue weighted by Crippen LogP contribution is 2.45. The van der Waals surface area contributed by atoms with E-state index in [2.05, 4.69) is 120 Å². The number of fused-ring (bicyclic) bond motifs is 1. The lowest BCUT2D eigenvalue weighted by atomic mass is 9.83. The summed E-state index contributed by atoms with van der Waals surface area (Å²) in [6.07, 6.45) is 1.86. The van der Waals surface area contributed by atoms with E-state index in [9.17, 15) is 5.11 Å². The highest BCUT2D eigenvalue weighted by atomic mass is 16.3.